The van der Waals surface area contributed by atoms with Crippen molar-refractivity contribution in [1.82, 2.24) is 14.9 Å². The number of hydrogen-bond acceptors (Lipinski definition) is 7. The minimum absolute atomic E-state index is 0.453. The minimum atomic E-state index is 0.453. The molecule has 0 saturated carbocycles. The third-order valence-corrected chi connectivity index (χ3v) is 3.13. The lowest BCUT2D eigenvalue weighted by Crippen LogP contribution is -2.39. The summed E-state index contributed by atoms with van der Waals surface area (Å²) in [5.74, 6) is 1.75. The molecule has 3 N–H and O–H groups in total. The van der Waals surface area contributed by atoms with Crippen LogP contribution in [-0.2, 0) is 4.74 Å². The molecule has 112 valence electrons. The molecule has 1 aliphatic heterocycles. The molecule has 20 heavy (non-hydrogen) atoms. The highest BCUT2D eigenvalue weighted by Gasteiger charge is 2.12. The van der Waals surface area contributed by atoms with Crippen molar-refractivity contribution >= 4 is 11.5 Å². The van der Waals surface area contributed by atoms with Gasteiger partial charge in [0.2, 0.25) is 5.88 Å². The van der Waals surface area contributed by atoms with Gasteiger partial charge in [-0.25, -0.2) is 4.98 Å². The van der Waals surface area contributed by atoms with E-state index in [0.29, 0.717) is 29.8 Å². The maximum Gasteiger partial charge on any atom is 0.242 e. The summed E-state index contributed by atoms with van der Waals surface area (Å²) >= 11 is 0. The number of nitrogens with two attached hydrogens (primary N) is 1. The van der Waals surface area contributed by atoms with Gasteiger partial charge in [-0.15, -0.1) is 0 Å². The highest BCUT2D eigenvalue weighted by Crippen LogP contribution is 2.25. The lowest BCUT2D eigenvalue weighted by Gasteiger charge is -2.26. The van der Waals surface area contributed by atoms with Crippen LogP contribution in [0.25, 0.3) is 0 Å². The average molecular weight is 281 g/mol. The highest BCUT2D eigenvalue weighted by molar-refractivity contribution is 5.66. The summed E-state index contributed by atoms with van der Waals surface area (Å²) in [6, 6.07) is 0. The number of aromatic nitrogens is 2. The van der Waals surface area contributed by atoms with E-state index in [1.54, 1.807) is 0 Å². The van der Waals surface area contributed by atoms with Crippen LogP contribution in [0.1, 0.15) is 12.7 Å². The fourth-order valence-electron chi connectivity index (χ4n) is 2.09. The van der Waals surface area contributed by atoms with Gasteiger partial charge in [0.05, 0.1) is 19.8 Å². The van der Waals surface area contributed by atoms with E-state index < -0.39 is 0 Å². The molecule has 0 spiro atoms. The number of anilines is 2. The van der Waals surface area contributed by atoms with Crippen LogP contribution >= 0.6 is 0 Å². The molecule has 1 aromatic heterocycles. The second-order valence-corrected chi connectivity index (χ2v) is 4.65. The van der Waals surface area contributed by atoms with Crippen LogP contribution in [0, 0.1) is 6.92 Å². The van der Waals surface area contributed by atoms with Gasteiger partial charge in [-0.3, -0.25) is 4.90 Å². The molecule has 1 aromatic rings. The Hall–Kier alpha value is -1.60. The number of nitrogens with zero attached hydrogens (tertiary/aromatic N) is 3. The van der Waals surface area contributed by atoms with Crippen molar-refractivity contribution < 1.29 is 9.47 Å². The smallest absolute Gasteiger partial charge is 0.242 e. The van der Waals surface area contributed by atoms with Gasteiger partial charge in [0, 0.05) is 26.2 Å². The van der Waals surface area contributed by atoms with E-state index in [1.807, 2.05) is 13.8 Å². The summed E-state index contributed by atoms with van der Waals surface area (Å²) in [5, 5.41) is 3.26. The lowest BCUT2D eigenvalue weighted by molar-refractivity contribution is 0.0398. The largest absolute Gasteiger partial charge is 0.476 e. The molecule has 7 heteroatoms. The van der Waals surface area contributed by atoms with Gasteiger partial charge >= 0.3 is 0 Å². The molecule has 0 radical (unpaired) electrons. The van der Waals surface area contributed by atoms with Crippen molar-refractivity contribution in [3.63, 3.8) is 0 Å². The number of nitrogens with one attached hydrogen (secondary N) is 1. The van der Waals surface area contributed by atoms with E-state index in [1.165, 1.54) is 0 Å². The fraction of sp³-hybridized carbons (Fsp3) is 0.692. The van der Waals surface area contributed by atoms with Crippen molar-refractivity contribution in [3.05, 3.63) is 5.82 Å². The molecule has 0 aromatic carbocycles. The Balaban J connectivity index is 1.91. The molecular weight excluding hydrogens is 258 g/mol. The third kappa shape index (κ3) is 3.94. The Morgan fingerprint density at radius 1 is 1.35 bits per heavy atom. The van der Waals surface area contributed by atoms with Crippen LogP contribution in [-0.4, -0.2) is 60.9 Å². The fourth-order valence-corrected chi connectivity index (χ4v) is 2.09. The van der Waals surface area contributed by atoms with Crippen molar-refractivity contribution in [2.24, 2.45) is 0 Å². The molecule has 0 amide bonds. The predicted octanol–water partition coefficient (Wildman–Crippen LogP) is 0.510. The zero-order valence-corrected chi connectivity index (χ0v) is 12.2. The SMILES string of the molecule is CCOc1nc(C)nc(NCCN2CCOCC2)c1N. The molecule has 2 heterocycles. The summed E-state index contributed by atoms with van der Waals surface area (Å²) in [6.45, 7) is 9.56. The summed E-state index contributed by atoms with van der Waals surface area (Å²) < 4.78 is 10.7. The third-order valence-electron chi connectivity index (χ3n) is 3.13. The molecule has 2 rings (SSSR count). The van der Waals surface area contributed by atoms with Gasteiger partial charge < -0.3 is 20.5 Å². The number of ether oxygens (including phenoxy) is 2. The molecule has 0 unspecified atom stereocenters. The van der Waals surface area contributed by atoms with E-state index in [4.69, 9.17) is 15.2 Å². The van der Waals surface area contributed by atoms with Crippen molar-refractivity contribution in [2.75, 3.05) is 57.1 Å². The normalized spacial score (nSPS) is 16.1. The highest BCUT2D eigenvalue weighted by atomic mass is 16.5. The van der Waals surface area contributed by atoms with E-state index in [9.17, 15) is 0 Å². The van der Waals surface area contributed by atoms with E-state index >= 15 is 0 Å². The monoisotopic (exact) mass is 281 g/mol. The number of rotatable bonds is 6. The van der Waals surface area contributed by atoms with Crippen molar-refractivity contribution in [1.29, 1.82) is 0 Å². The molecule has 1 fully saturated rings. The summed E-state index contributed by atoms with van der Waals surface area (Å²) in [7, 11) is 0. The molecule has 7 nitrogen and oxygen atoms in total. The summed E-state index contributed by atoms with van der Waals surface area (Å²) in [6.07, 6.45) is 0. The Morgan fingerprint density at radius 2 is 2.10 bits per heavy atom. The second kappa shape index (κ2) is 7.25. The molecular formula is C13H23N5O2. The summed E-state index contributed by atoms with van der Waals surface area (Å²) in [5.41, 5.74) is 6.48. The van der Waals surface area contributed by atoms with Crippen molar-refractivity contribution in [3.8, 4) is 5.88 Å². The Bertz CT molecular complexity index is 435. The average Bonchev–Trinajstić information content (AvgIpc) is 2.45. The standard InChI is InChI=1S/C13H23N5O2/c1-3-20-13-11(14)12(16-10(2)17-13)15-4-5-18-6-8-19-9-7-18/h3-9,14H2,1-2H3,(H,15,16,17). The van der Waals surface area contributed by atoms with Crippen LogP contribution in [0.3, 0.4) is 0 Å². The second-order valence-electron chi connectivity index (χ2n) is 4.65. The van der Waals surface area contributed by atoms with Gasteiger partial charge in [-0.1, -0.05) is 0 Å². The number of aryl methyl sites for hydroxylation is 1. The van der Waals surface area contributed by atoms with Crippen LogP contribution in [0.2, 0.25) is 0 Å². The van der Waals surface area contributed by atoms with Gasteiger partial charge in [0.15, 0.2) is 5.82 Å². The van der Waals surface area contributed by atoms with E-state index in [2.05, 4.69) is 20.2 Å². The maximum absolute atomic E-state index is 6.01. The van der Waals surface area contributed by atoms with Crippen LogP contribution < -0.4 is 15.8 Å². The summed E-state index contributed by atoms with van der Waals surface area (Å²) in [4.78, 5) is 10.9. The quantitative estimate of drug-likeness (QED) is 0.785. The number of hydrogen-bond donors (Lipinski definition) is 2. The number of nitrogen functional groups attached to an aromatic ring is 1. The van der Waals surface area contributed by atoms with Crippen LogP contribution in [0.4, 0.5) is 11.5 Å². The Labute approximate surface area is 119 Å². The molecule has 1 saturated heterocycles. The molecule has 0 atom stereocenters. The lowest BCUT2D eigenvalue weighted by atomic mass is 10.4. The van der Waals surface area contributed by atoms with Gasteiger partial charge in [0.1, 0.15) is 11.5 Å². The number of morpholine rings is 1. The van der Waals surface area contributed by atoms with E-state index in [0.717, 1.165) is 39.4 Å². The molecule has 1 aliphatic rings. The zero-order valence-electron chi connectivity index (χ0n) is 12.2. The maximum atomic E-state index is 6.01. The first kappa shape index (κ1) is 14.8. The van der Waals surface area contributed by atoms with Gasteiger partial charge in [0.25, 0.3) is 0 Å². The predicted molar refractivity (Wildman–Crippen MR) is 78.1 cm³/mol. The zero-order chi connectivity index (χ0) is 14.4. The Morgan fingerprint density at radius 3 is 2.80 bits per heavy atom. The molecule has 0 bridgehead atoms. The van der Waals surface area contributed by atoms with Gasteiger partial charge in [-0.2, -0.15) is 4.98 Å². The minimum Gasteiger partial charge on any atom is -0.476 e. The van der Waals surface area contributed by atoms with E-state index in [-0.39, 0.29) is 0 Å². The first-order valence-corrected chi connectivity index (χ1v) is 7.01. The first-order chi connectivity index (χ1) is 9.70. The topological polar surface area (TPSA) is 85.5 Å². The van der Waals surface area contributed by atoms with Crippen LogP contribution in [0.5, 0.6) is 5.88 Å². The molecule has 0 aliphatic carbocycles. The first-order valence-electron chi connectivity index (χ1n) is 7.01. The van der Waals surface area contributed by atoms with Crippen molar-refractivity contribution in [2.45, 2.75) is 13.8 Å². The Kier molecular flexibility index (Phi) is 5.37. The van der Waals surface area contributed by atoms with Crippen LogP contribution in [0.15, 0.2) is 0 Å². The van der Waals surface area contributed by atoms with Gasteiger partial charge in [-0.05, 0) is 13.8 Å².